The van der Waals surface area contributed by atoms with Crippen molar-refractivity contribution in [1.82, 2.24) is 9.71 Å². The second-order valence-electron chi connectivity index (χ2n) is 6.76. The first-order valence-electron chi connectivity index (χ1n) is 9.63. The number of phosphoric ester groups is 1. The minimum absolute atomic E-state index is 0.0561. The first kappa shape index (κ1) is 27.2. The summed E-state index contributed by atoms with van der Waals surface area (Å²) in [7, 11) is -8.48. The Morgan fingerprint density at radius 3 is 2.32 bits per heavy atom. The number of nitrogens with zero attached hydrogens (tertiary/aromatic N) is 1. The number of hydrogen-bond donors (Lipinski definition) is 3. The maximum Gasteiger partial charge on any atom is 0.470 e. The Balaban J connectivity index is 0.00000352. The van der Waals surface area contributed by atoms with E-state index < -0.39 is 29.5 Å². The van der Waals surface area contributed by atoms with Crippen LogP contribution in [0.4, 0.5) is 0 Å². The van der Waals surface area contributed by atoms with Gasteiger partial charge < -0.3 is 9.79 Å². The van der Waals surface area contributed by atoms with Gasteiger partial charge in [0.2, 0.25) is 10.0 Å². The third-order valence-corrected chi connectivity index (χ3v) is 6.01. The van der Waals surface area contributed by atoms with Crippen LogP contribution in [0.1, 0.15) is 78.3 Å². The average Bonchev–Trinajstić information content (AvgIpc) is 2.60. The molecule has 0 aliphatic carbocycles. The molecule has 3 N–H and O–H groups in total. The Morgan fingerprint density at radius 1 is 1.21 bits per heavy atom. The van der Waals surface area contributed by atoms with Gasteiger partial charge in [-0.15, -0.1) is 0 Å². The predicted octanol–water partition coefficient (Wildman–Crippen LogP) is 3.93. The molecule has 0 saturated carbocycles. The van der Waals surface area contributed by atoms with E-state index in [1.165, 1.54) is 26.2 Å². The van der Waals surface area contributed by atoms with Gasteiger partial charge in [0.05, 0.1) is 17.4 Å². The van der Waals surface area contributed by atoms with Crippen molar-refractivity contribution in [2.45, 2.75) is 78.4 Å². The first-order valence-corrected chi connectivity index (χ1v) is 12.8. The van der Waals surface area contributed by atoms with Gasteiger partial charge >= 0.3 is 7.82 Å². The highest BCUT2D eigenvalue weighted by atomic mass is 32.2. The summed E-state index contributed by atoms with van der Waals surface area (Å²) in [5.74, 6) is -0.0561. The Labute approximate surface area is 169 Å². The minimum Gasteiger partial charge on any atom is -0.303 e. The Morgan fingerprint density at radius 2 is 1.82 bits per heavy atom. The zero-order chi connectivity index (χ0) is 21.8. The predicted molar refractivity (Wildman–Crippen MR) is 111 cm³/mol. The van der Waals surface area contributed by atoms with Gasteiger partial charge in [0.15, 0.2) is 0 Å². The van der Waals surface area contributed by atoms with E-state index in [0.717, 1.165) is 25.7 Å². The lowest BCUT2D eigenvalue weighted by Crippen LogP contribution is -2.44. The van der Waals surface area contributed by atoms with Crippen LogP contribution in [0.3, 0.4) is 0 Å². The van der Waals surface area contributed by atoms with Crippen LogP contribution in [0.25, 0.3) is 0 Å². The maximum absolute atomic E-state index is 12.5. The topological polar surface area (TPSA) is 126 Å². The molecule has 0 radical (unpaired) electrons. The quantitative estimate of drug-likeness (QED) is 0.333. The second-order valence-corrected chi connectivity index (χ2v) is 9.79. The third kappa shape index (κ3) is 11.2. The first-order chi connectivity index (χ1) is 13.0. The van der Waals surface area contributed by atoms with Crippen LogP contribution in [0.5, 0.6) is 0 Å². The highest BCUT2D eigenvalue weighted by molar-refractivity contribution is 7.89. The molecule has 0 bridgehead atoms. The van der Waals surface area contributed by atoms with E-state index in [2.05, 4.69) is 16.6 Å². The van der Waals surface area contributed by atoms with E-state index in [-0.39, 0.29) is 5.75 Å². The Kier molecular flexibility index (Phi) is 12.3. The van der Waals surface area contributed by atoms with Crippen LogP contribution in [0, 0.1) is 0 Å². The molecule has 164 valence electrons. The minimum atomic E-state index is -4.82. The van der Waals surface area contributed by atoms with Gasteiger partial charge in [-0.05, 0) is 31.9 Å². The number of phosphoric acid groups is 1. The highest BCUT2D eigenvalue weighted by Crippen LogP contribution is 2.45. The molecule has 0 aliphatic heterocycles. The van der Waals surface area contributed by atoms with Crippen molar-refractivity contribution in [3.8, 4) is 0 Å². The van der Waals surface area contributed by atoms with Crippen molar-refractivity contribution in [1.29, 1.82) is 0 Å². The number of unbranched alkanes of at least 4 members (excludes halogenated alkanes) is 4. The van der Waals surface area contributed by atoms with Gasteiger partial charge in [0.25, 0.3) is 0 Å². The number of sulfonamides is 1. The van der Waals surface area contributed by atoms with E-state index in [1.807, 2.05) is 13.8 Å². The third-order valence-electron chi connectivity index (χ3n) is 3.88. The Hall–Kier alpha value is -0.830. The van der Waals surface area contributed by atoms with E-state index in [9.17, 15) is 13.0 Å². The van der Waals surface area contributed by atoms with E-state index in [4.69, 9.17) is 14.3 Å². The van der Waals surface area contributed by atoms with E-state index in [1.54, 1.807) is 12.1 Å². The molecular weight excluding hydrogens is 403 g/mol. The highest BCUT2D eigenvalue weighted by Gasteiger charge is 2.40. The number of nitrogens with one attached hydrogen (secondary N) is 1. The lowest BCUT2D eigenvalue weighted by Gasteiger charge is -2.34. The molecule has 0 spiro atoms. The lowest BCUT2D eigenvalue weighted by molar-refractivity contribution is 0.0375. The number of hydrogen-bond acceptors (Lipinski definition) is 5. The normalized spacial score (nSPS) is 13.5. The molecular formula is C18H35N2O6PS. The van der Waals surface area contributed by atoms with E-state index in [0.29, 0.717) is 12.0 Å². The summed E-state index contributed by atoms with van der Waals surface area (Å²) >= 11 is 0. The molecule has 0 amide bonds. The summed E-state index contributed by atoms with van der Waals surface area (Å²) in [6.07, 6.45) is 7.42. The number of rotatable bonds is 12. The average molecular weight is 439 g/mol. The molecule has 8 nitrogen and oxygen atoms in total. The van der Waals surface area contributed by atoms with Crippen molar-refractivity contribution in [3.05, 3.63) is 30.1 Å². The summed E-state index contributed by atoms with van der Waals surface area (Å²) in [5.41, 5.74) is -1.03. The zero-order valence-electron chi connectivity index (χ0n) is 17.5. The van der Waals surface area contributed by atoms with E-state index >= 15 is 0 Å². The van der Waals surface area contributed by atoms with Crippen molar-refractivity contribution < 1.29 is 27.3 Å². The van der Waals surface area contributed by atoms with Crippen molar-refractivity contribution in [2.75, 3.05) is 5.75 Å². The van der Waals surface area contributed by atoms with Gasteiger partial charge in [-0.2, -0.15) is 0 Å². The summed E-state index contributed by atoms with van der Waals surface area (Å²) < 4.78 is 43.6. The SMILES string of the molecule is CC.CCCCCCCS(=O)(=O)NC(c1cccnc1)C(C)(C)OP(=O)(O)O. The fourth-order valence-corrected chi connectivity index (χ4v) is 4.85. The summed E-state index contributed by atoms with van der Waals surface area (Å²) in [4.78, 5) is 22.3. The standard InChI is InChI=1S/C16H29N2O6PS.C2H6/c1-4-5-6-7-8-12-26(22,23)18-15(14-10-9-11-17-13-14)16(2,3)24-25(19,20)21;1-2/h9-11,13,15,18H,4-8,12H2,1-3H3,(H2,19,20,21);1-2H3. The van der Waals surface area contributed by atoms with Crippen molar-refractivity contribution in [3.63, 3.8) is 0 Å². The molecule has 10 heteroatoms. The van der Waals surface area contributed by atoms with Gasteiger partial charge in [-0.3, -0.25) is 9.51 Å². The van der Waals surface area contributed by atoms with Gasteiger partial charge in [-0.25, -0.2) is 17.7 Å². The number of pyridine rings is 1. The van der Waals surface area contributed by atoms with Crippen molar-refractivity contribution in [2.24, 2.45) is 0 Å². The molecule has 1 heterocycles. The van der Waals surface area contributed by atoms with Gasteiger partial charge in [0, 0.05) is 12.4 Å². The molecule has 1 rings (SSSR count). The van der Waals surface area contributed by atoms with Gasteiger partial charge in [0.1, 0.15) is 0 Å². The largest absolute Gasteiger partial charge is 0.470 e. The van der Waals surface area contributed by atoms with Crippen LogP contribution in [-0.2, 0) is 19.1 Å². The van der Waals surface area contributed by atoms with Gasteiger partial charge in [-0.1, -0.05) is 52.5 Å². The summed E-state index contributed by atoms with van der Waals surface area (Å²) in [6, 6.07) is 2.26. The van der Waals surface area contributed by atoms with Crippen LogP contribution >= 0.6 is 7.82 Å². The number of aromatic nitrogens is 1. The maximum atomic E-state index is 12.5. The molecule has 1 atom stereocenters. The van der Waals surface area contributed by atoms with Crippen molar-refractivity contribution >= 4 is 17.8 Å². The fourth-order valence-electron chi connectivity index (χ4n) is 2.65. The van der Waals surface area contributed by atoms with Crippen LogP contribution in [0.15, 0.2) is 24.5 Å². The molecule has 1 aromatic heterocycles. The van der Waals surface area contributed by atoms with Crippen LogP contribution in [-0.4, -0.2) is 34.5 Å². The molecule has 0 fully saturated rings. The van der Waals surface area contributed by atoms with Crippen LogP contribution < -0.4 is 4.72 Å². The Bertz CT molecular complexity index is 691. The molecule has 0 aromatic carbocycles. The fraction of sp³-hybridized carbons (Fsp3) is 0.722. The molecule has 28 heavy (non-hydrogen) atoms. The molecule has 1 unspecified atom stereocenters. The second kappa shape index (κ2) is 12.7. The summed E-state index contributed by atoms with van der Waals surface area (Å²) in [5, 5.41) is 0. The smallest absolute Gasteiger partial charge is 0.303 e. The molecule has 0 saturated heterocycles. The monoisotopic (exact) mass is 438 g/mol. The zero-order valence-corrected chi connectivity index (χ0v) is 19.2. The summed E-state index contributed by atoms with van der Waals surface area (Å²) in [6.45, 7) is 8.93. The van der Waals surface area contributed by atoms with Crippen LogP contribution in [0.2, 0.25) is 0 Å². The molecule has 1 aromatic rings. The molecule has 0 aliphatic rings. The lowest BCUT2D eigenvalue weighted by atomic mass is 9.94.